The van der Waals surface area contributed by atoms with Gasteiger partial charge in [-0.1, -0.05) is 41.9 Å². The molecule has 104 valence electrons. The quantitative estimate of drug-likeness (QED) is 0.867. The van der Waals surface area contributed by atoms with Crippen LogP contribution in [-0.4, -0.2) is 30.2 Å². The molecule has 0 saturated heterocycles. The summed E-state index contributed by atoms with van der Waals surface area (Å²) in [5.74, 6) is -0.0759. The molecular formula is C13H12ClN3O2S. The van der Waals surface area contributed by atoms with Crippen molar-refractivity contribution in [2.75, 3.05) is 12.0 Å². The standard InChI is InChI=1S/C13H12ClN3O2S/c1-20(18,19)8-7-17-13(14)11(9-15)12(16-17)10-5-3-2-4-6-10/h2-6H,7-8H2,1H3. The molecule has 0 fully saturated rings. The molecule has 0 N–H and O–H groups in total. The van der Waals surface area contributed by atoms with Crippen molar-refractivity contribution in [3.05, 3.63) is 41.0 Å². The molecular weight excluding hydrogens is 298 g/mol. The number of halogens is 1. The lowest BCUT2D eigenvalue weighted by Gasteiger charge is -2.01. The van der Waals surface area contributed by atoms with Gasteiger partial charge in [-0.15, -0.1) is 0 Å². The Morgan fingerprint density at radius 3 is 2.55 bits per heavy atom. The smallest absolute Gasteiger partial charge is 0.149 e. The number of sulfone groups is 1. The Labute approximate surface area is 122 Å². The molecule has 1 aromatic carbocycles. The first kappa shape index (κ1) is 14.6. The van der Waals surface area contributed by atoms with Crippen LogP contribution in [0.2, 0.25) is 5.15 Å². The van der Waals surface area contributed by atoms with Crippen LogP contribution < -0.4 is 0 Å². The molecule has 1 aromatic heterocycles. The Morgan fingerprint density at radius 2 is 2.00 bits per heavy atom. The molecule has 0 aliphatic rings. The van der Waals surface area contributed by atoms with Crippen LogP contribution in [0.4, 0.5) is 0 Å². The second kappa shape index (κ2) is 5.65. The molecule has 2 rings (SSSR count). The average molecular weight is 310 g/mol. The van der Waals surface area contributed by atoms with E-state index in [1.54, 1.807) is 0 Å². The second-order valence-corrected chi connectivity index (χ2v) is 6.96. The molecule has 0 aliphatic carbocycles. The summed E-state index contributed by atoms with van der Waals surface area (Å²) in [7, 11) is -3.12. The minimum atomic E-state index is -3.12. The van der Waals surface area contributed by atoms with E-state index in [0.717, 1.165) is 11.8 Å². The average Bonchev–Trinajstić information content (AvgIpc) is 2.73. The van der Waals surface area contributed by atoms with Gasteiger partial charge in [-0.05, 0) is 0 Å². The third kappa shape index (κ3) is 3.18. The first-order valence-corrected chi connectivity index (χ1v) is 8.26. The Hall–Kier alpha value is -1.84. The number of hydrogen-bond donors (Lipinski definition) is 0. The minimum Gasteiger partial charge on any atom is -0.251 e. The van der Waals surface area contributed by atoms with Crippen LogP contribution in [0.25, 0.3) is 11.3 Å². The lowest BCUT2D eigenvalue weighted by molar-refractivity contribution is 0.586. The van der Waals surface area contributed by atoms with Gasteiger partial charge in [0.05, 0.1) is 12.3 Å². The molecule has 0 amide bonds. The maximum absolute atomic E-state index is 11.2. The number of nitrogens with zero attached hydrogens (tertiary/aromatic N) is 3. The van der Waals surface area contributed by atoms with Crippen molar-refractivity contribution < 1.29 is 8.42 Å². The van der Waals surface area contributed by atoms with Crippen LogP contribution in [0, 0.1) is 11.3 Å². The molecule has 0 spiro atoms. The normalized spacial score (nSPS) is 11.2. The van der Waals surface area contributed by atoms with Crippen LogP contribution in [0.5, 0.6) is 0 Å². The largest absolute Gasteiger partial charge is 0.251 e. The summed E-state index contributed by atoms with van der Waals surface area (Å²) in [6.07, 6.45) is 1.15. The van der Waals surface area contributed by atoms with Gasteiger partial charge in [-0.3, -0.25) is 4.68 Å². The molecule has 0 bridgehead atoms. The molecule has 7 heteroatoms. The molecule has 0 unspecified atom stereocenters. The molecule has 0 atom stereocenters. The van der Waals surface area contributed by atoms with Crippen molar-refractivity contribution in [3.63, 3.8) is 0 Å². The fraction of sp³-hybridized carbons (Fsp3) is 0.231. The zero-order valence-electron chi connectivity index (χ0n) is 10.7. The van der Waals surface area contributed by atoms with Crippen LogP contribution >= 0.6 is 11.6 Å². The monoisotopic (exact) mass is 309 g/mol. The highest BCUT2D eigenvalue weighted by Crippen LogP contribution is 2.27. The number of benzene rings is 1. The van der Waals surface area contributed by atoms with E-state index in [1.165, 1.54) is 4.68 Å². The number of nitriles is 1. The second-order valence-electron chi connectivity index (χ2n) is 4.35. The fourth-order valence-electron chi connectivity index (χ4n) is 1.74. The van der Waals surface area contributed by atoms with E-state index in [-0.39, 0.29) is 23.0 Å². The predicted octanol–water partition coefficient (Wildman–Crippen LogP) is 2.12. The van der Waals surface area contributed by atoms with E-state index in [4.69, 9.17) is 11.6 Å². The maximum Gasteiger partial charge on any atom is 0.149 e. The summed E-state index contributed by atoms with van der Waals surface area (Å²) in [4.78, 5) is 0. The van der Waals surface area contributed by atoms with Crippen LogP contribution in [0.15, 0.2) is 30.3 Å². The van der Waals surface area contributed by atoms with Gasteiger partial charge in [0, 0.05) is 11.8 Å². The van der Waals surface area contributed by atoms with Crippen LogP contribution in [-0.2, 0) is 16.4 Å². The van der Waals surface area contributed by atoms with E-state index in [9.17, 15) is 13.7 Å². The Kier molecular flexibility index (Phi) is 4.12. The van der Waals surface area contributed by atoms with E-state index in [2.05, 4.69) is 5.10 Å². The molecule has 0 radical (unpaired) electrons. The third-order valence-electron chi connectivity index (χ3n) is 2.72. The topological polar surface area (TPSA) is 75.8 Å². The highest BCUT2D eigenvalue weighted by molar-refractivity contribution is 7.90. The Bertz CT molecular complexity index is 761. The minimum absolute atomic E-state index is 0.0759. The van der Waals surface area contributed by atoms with E-state index >= 15 is 0 Å². The van der Waals surface area contributed by atoms with Gasteiger partial charge in [0.15, 0.2) is 0 Å². The molecule has 20 heavy (non-hydrogen) atoms. The van der Waals surface area contributed by atoms with E-state index in [0.29, 0.717) is 5.69 Å². The van der Waals surface area contributed by atoms with Gasteiger partial charge in [0.25, 0.3) is 0 Å². The Balaban J connectivity index is 2.43. The Morgan fingerprint density at radius 1 is 1.35 bits per heavy atom. The highest BCUT2D eigenvalue weighted by atomic mass is 35.5. The van der Waals surface area contributed by atoms with Gasteiger partial charge in [-0.25, -0.2) is 8.42 Å². The molecule has 5 nitrogen and oxygen atoms in total. The van der Waals surface area contributed by atoms with Crippen molar-refractivity contribution in [2.24, 2.45) is 0 Å². The summed E-state index contributed by atoms with van der Waals surface area (Å²) in [6.45, 7) is 0.124. The van der Waals surface area contributed by atoms with Gasteiger partial charge in [-0.2, -0.15) is 10.4 Å². The van der Waals surface area contributed by atoms with Crippen molar-refractivity contribution in [2.45, 2.75) is 6.54 Å². The zero-order valence-corrected chi connectivity index (χ0v) is 12.3. The maximum atomic E-state index is 11.2. The van der Waals surface area contributed by atoms with Gasteiger partial charge >= 0.3 is 0 Å². The zero-order chi connectivity index (χ0) is 14.8. The predicted molar refractivity (Wildman–Crippen MR) is 77.1 cm³/mol. The van der Waals surface area contributed by atoms with Crippen LogP contribution in [0.3, 0.4) is 0 Å². The van der Waals surface area contributed by atoms with Crippen molar-refractivity contribution >= 4 is 21.4 Å². The van der Waals surface area contributed by atoms with Crippen molar-refractivity contribution in [1.29, 1.82) is 5.26 Å². The summed E-state index contributed by atoms with van der Waals surface area (Å²) >= 11 is 6.09. The molecule has 1 heterocycles. The van der Waals surface area contributed by atoms with E-state index in [1.807, 2.05) is 36.4 Å². The van der Waals surface area contributed by atoms with Gasteiger partial charge in [0.2, 0.25) is 0 Å². The van der Waals surface area contributed by atoms with Crippen molar-refractivity contribution in [1.82, 2.24) is 9.78 Å². The third-order valence-corrected chi connectivity index (χ3v) is 4.03. The van der Waals surface area contributed by atoms with Crippen molar-refractivity contribution in [3.8, 4) is 17.3 Å². The number of aryl methyl sites for hydroxylation is 1. The van der Waals surface area contributed by atoms with Gasteiger partial charge in [0.1, 0.15) is 32.3 Å². The molecule has 2 aromatic rings. The van der Waals surface area contributed by atoms with Gasteiger partial charge < -0.3 is 0 Å². The lowest BCUT2D eigenvalue weighted by atomic mass is 10.1. The number of hydrogen-bond acceptors (Lipinski definition) is 4. The molecule has 0 aliphatic heterocycles. The molecule has 0 saturated carbocycles. The first-order valence-electron chi connectivity index (χ1n) is 5.82. The number of rotatable bonds is 4. The number of aromatic nitrogens is 2. The SMILES string of the molecule is CS(=O)(=O)CCn1nc(-c2ccccc2)c(C#N)c1Cl. The lowest BCUT2D eigenvalue weighted by Crippen LogP contribution is -2.12. The summed E-state index contributed by atoms with van der Waals surface area (Å²) in [5, 5.41) is 13.6. The summed E-state index contributed by atoms with van der Waals surface area (Å²) < 4.78 is 23.7. The summed E-state index contributed by atoms with van der Waals surface area (Å²) in [5.41, 5.74) is 1.49. The van der Waals surface area contributed by atoms with E-state index < -0.39 is 9.84 Å². The van der Waals surface area contributed by atoms with Crippen LogP contribution in [0.1, 0.15) is 5.56 Å². The summed E-state index contributed by atoms with van der Waals surface area (Å²) in [6, 6.07) is 11.2. The highest BCUT2D eigenvalue weighted by Gasteiger charge is 2.18. The fourth-order valence-corrected chi connectivity index (χ4v) is 2.50. The first-order chi connectivity index (χ1) is 9.42.